The van der Waals surface area contributed by atoms with Crippen molar-refractivity contribution in [2.24, 2.45) is 0 Å². The number of esters is 1. The maximum atomic E-state index is 12.2. The van der Waals surface area contributed by atoms with E-state index in [9.17, 15) is 9.59 Å². The highest BCUT2D eigenvalue weighted by molar-refractivity contribution is 7.18. The quantitative estimate of drug-likeness (QED) is 0.648. The fraction of sp³-hybridized carbons (Fsp3) is 0.318. The van der Waals surface area contributed by atoms with Crippen molar-refractivity contribution < 1.29 is 14.3 Å². The van der Waals surface area contributed by atoms with E-state index < -0.39 is 5.97 Å². The number of nitrogens with one attached hydrogen (secondary N) is 1. The standard InChI is InChI=1S/C22H22N2O3S/c25-20(23-12-11-21-24-18-7-3-4-8-19(18)28-21)14-27-22(26)17-10-9-15-5-1-2-6-16(15)13-17/h3-4,7-10,13H,1-2,5-6,11-12,14H2,(H,23,25). The monoisotopic (exact) mass is 394 g/mol. The highest BCUT2D eigenvalue weighted by atomic mass is 32.1. The number of fused-ring (bicyclic) bond motifs is 2. The molecule has 1 amide bonds. The number of carbonyl (C=O) groups excluding carboxylic acids is 2. The third-order valence-electron chi connectivity index (χ3n) is 4.92. The van der Waals surface area contributed by atoms with Crippen molar-refractivity contribution in [3.8, 4) is 0 Å². The molecule has 0 unspecified atom stereocenters. The summed E-state index contributed by atoms with van der Waals surface area (Å²) >= 11 is 1.63. The third kappa shape index (κ3) is 4.39. The van der Waals surface area contributed by atoms with Gasteiger partial charge in [-0.15, -0.1) is 11.3 Å². The van der Waals surface area contributed by atoms with Gasteiger partial charge in [0.15, 0.2) is 6.61 Å². The molecule has 144 valence electrons. The average Bonchev–Trinajstić information content (AvgIpc) is 3.14. The fourth-order valence-corrected chi connectivity index (χ4v) is 4.43. The lowest BCUT2D eigenvalue weighted by molar-refractivity contribution is -0.124. The molecule has 1 heterocycles. The Morgan fingerprint density at radius 3 is 2.75 bits per heavy atom. The number of para-hydroxylation sites is 1. The van der Waals surface area contributed by atoms with E-state index >= 15 is 0 Å². The average molecular weight is 394 g/mol. The van der Waals surface area contributed by atoms with Gasteiger partial charge in [0.25, 0.3) is 5.91 Å². The Balaban J connectivity index is 1.23. The van der Waals surface area contributed by atoms with Crippen molar-refractivity contribution in [1.82, 2.24) is 10.3 Å². The Kier molecular flexibility index (Phi) is 5.67. The summed E-state index contributed by atoms with van der Waals surface area (Å²) in [5.74, 6) is -0.748. The van der Waals surface area contributed by atoms with Gasteiger partial charge in [-0.05, 0) is 61.1 Å². The predicted octanol–water partition coefficient (Wildman–Crippen LogP) is 3.69. The Morgan fingerprint density at radius 2 is 1.89 bits per heavy atom. The van der Waals surface area contributed by atoms with Gasteiger partial charge < -0.3 is 10.1 Å². The van der Waals surface area contributed by atoms with Crippen LogP contribution in [0.3, 0.4) is 0 Å². The van der Waals surface area contributed by atoms with E-state index in [0.29, 0.717) is 18.5 Å². The molecule has 0 spiro atoms. The molecule has 0 saturated carbocycles. The van der Waals surface area contributed by atoms with Crippen LogP contribution < -0.4 is 5.32 Å². The molecule has 4 rings (SSSR count). The van der Waals surface area contributed by atoms with E-state index in [0.717, 1.165) is 34.5 Å². The van der Waals surface area contributed by atoms with Crippen molar-refractivity contribution in [1.29, 1.82) is 0 Å². The lowest BCUT2D eigenvalue weighted by Gasteiger charge is -2.16. The van der Waals surface area contributed by atoms with Crippen molar-refractivity contribution >= 4 is 33.4 Å². The first-order valence-electron chi connectivity index (χ1n) is 9.59. The van der Waals surface area contributed by atoms with E-state index in [1.165, 1.54) is 17.5 Å². The van der Waals surface area contributed by atoms with Gasteiger partial charge in [-0.2, -0.15) is 0 Å². The van der Waals surface area contributed by atoms with Crippen LogP contribution in [0.15, 0.2) is 42.5 Å². The smallest absolute Gasteiger partial charge is 0.338 e. The van der Waals surface area contributed by atoms with E-state index in [-0.39, 0.29) is 12.5 Å². The van der Waals surface area contributed by atoms with E-state index in [4.69, 9.17) is 4.74 Å². The zero-order chi connectivity index (χ0) is 19.3. The van der Waals surface area contributed by atoms with Crippen LogP contribution in [-0.2, 0) is 28.8 Å². The molecular weight excluding hydrogens is 372 g/mol. The van der Waals surface area contributed by atoms with Gasteiger partial charge in [0.2, 0.25) is 0 Å². The molecule has 1 aromatic heterocycles. The zero-order valence-electron chi connectivity index (χ0n) is 15.6. The number of amides is 1. The largest absolute Gasteiger partial charge is 0.452 e. The molecule has 2 aromatic carbocycles. The molecule has 0 atom stereocenters. The van der Waals surface area contributed by atoms with Gasteiger partial charge in [-0.3, -0.25) is 4.79 Å². The topological polar surface area (TPSA) is 68.3 Å². The van der Waals surface area contributed by atoms with Crippen LogP contribution in [0, 0.1) is 0 Å². The van der Waals surface area contributed by atoms with Crippen molar-refractivity contribution in [3.05, 3.63) is 64.2 Å². The number of benzene rings is 2. The first kappa shape index (κ1) is 18.6. The van der Waals surface area contributed by atoms with Crippen LogP contribution in [0.1, 0.15) is 39.3 Å². The predicted molar refractivity (Wildman–Crippen MR) is 110 cm³/mol. The Morgan fingerprint density at radius 1 is 1.07 bits per heavy atom. The first-order valence-corrected chi connectivity index (χ1v) is 10.4. The van der Waals surface area contributed by atoms with E-state index in [2.05, 4.69) is 10.3 Å². The molecule has 3 aromatic rings. The van der Waals surface area contributed by atoms with E-state index in [1.807, 2.05) is 36.4 Å². The number of nitrogens with zero attached hydrogens (tertiary/aromatic N) is 1. The summed E-state index contributed by atoms with van der Waals surface area (Å²) in [7, 11) is 0. The Bertz CT molecular complexity index is 979. The number of hydrogen-bond donors (Lipinski definition) is 1. The summed E-state index contributed by atoms with van der Waals surface area (Å²) in [5.41, 5.74) is 4.03. The highest BCUT2D eigenvalue weighted by Gasteiger charge is 2.15. The minimum absolute atomic E-state index is 0.268. The van der Waals surface area contributed by atoms with Crippen LogP contribution >= 0.6 is 11.3 Å². The third-order valence-corrected chi connectivity index (χ3v) is 6.01. The second-order valence-electron chi connectivity index (χ2n) is 6.94. The molecular formula is C22H22N2O3S. The van der Waals surface area contributed by atoms with Crippen molar-refractivity contribution in [2.75, 3.05) is 13.2 Å². The van der Waals surface area contributed by atoms with Crippen molar-refractivity contribution in [3.63, 3.8) is 0 Å². The van der Waals surface area contributed by atoms with Crippen LogP contribution in [0.25, 0.3) is 10.2 Å². The summed E-state index contributed by atoms with van der Waals surface area (Å²) in [6.45, 7) is 0.199. The molecule has 0 fully saturated rings. The van der Waals surface area contributed by atoms with Gasteiger partial charge in [0, 0.05) is 13.0 Å². The lowest BCUT2D eigenvalue weighted by atomic mass is 9.90. The molecule has 0 saturated heterocycles. The summed E-state index contributed by atoms with van der Waals surface area (Å²) in [6, 6.07) is 13.7. The summed E-state index contributed by atoms with van der Waals surface area (Å²) in [4.78, 5) is 28.7. The molecule has 0 radical (unpaired) electrons. The first-order chi connectivity index (χ1) is 13.7. The second kappa shape index (κ2) is 8.52. The van der Waals surface area contributed by atoms with Gasteiger partial charge in [0.1, 0.15) is 0 Å². The molecule has 1 aliphatic rings. The minimum atomic E-state index is -0.449. The fourth-order valence-electron chi connectivity index (χ4n) is 3.46. The van der Waals surface area contributed by atoms with Gasteiger partial charge in [0.05, 0.1) is 20.8 Å². The number of aryl methyl sites for hydroxylation is 2. The number of rotatable bonds is 6. The molecule has 6 heteroatoms. The molecule has 1 aliphatic carbocycles. The zero-order valence-corrected chi connectivity index (χ0v) is 16.4. The molecule has 0 aliphatic heterocycles. The number of carbonyl (C=O) groups is 2. The SMILES string of the molecule is O=C(COC(=O)c1ccc2c(c1)CCCC2)NCCc1nc2ccccc2s1. The Hall–Kier alpha value is -2.73. The van der Waals surface area contributed by atoms with Crippen molar-refractivity contribution in [2.45, 2.75) is 32.1 Å². The maximum absolute atomic E-state index is 12.2. The normalized spacial score (nSPS) is 13.1. The van der Waals surface area contributed by atoms with E-state index in [1.54, 1.807) is 17.4 Å². The maximum Gasteiger partial charge on any atom is 0.338 e. The van der Waals surface area contributed by atoms with Gasteiger partial charge >= 0.3 is 5.97 Å². The number of aromatic nitrogens is 1. The van der Waals surface area contributed by atoms with Crippen LogP contribution in [0.4, 0.5) is 0 Å². The van der Waals surface area contributed by atoms with Gasteiger partial charge in [-0.1, -0.05) is 18.2 Å². The molecule has 28 heavy (non-hydrogen) atoms. The number of thiazole rings is 1. The molecule has 5 nitrogen and oxygen atoms in total. The number of hydrogen-bond acceptors (Lipinski definition) is 5. The highest BCUT2D eigenvalue weighted by Crippen LogP contribution is 2.23. The summed E-state index contributed by atoms with van der Waals surface area (Å²) in [6.07, 6.45) is 5.09. The second-order valence-corrected chi connectivity index (χ2v) is 8.06. The van der Waals surface area contributed by atoms with Crippen LogP contribution in [-0.4, -0.2) is 30.0 Å². The lowest BCUT2D eigenvalue weighted by Crippen LogP contribution is -2.30. The van der Waals surface area contributed by atoms with Crippen LogP contribution in [0.5, 0.6) is 0 Å². The number of ether oxygens (including phenoxy) is 1. The summed E-state index contributed by atoms with van der Waals surface area (Å²) in [5, 5.41) is 3.76. The Labute approximate surface area is 167 Å². The van der Waals surface area contributed by atoms with Gasteiger partial charge in [-0.25, -0.2) is 9.78 Å². The minimum Gasteiger partial charge on any atom is -0.452 e. The summed E-state index contributed by atoms with van der Waals surface area (Å²) < 4.78 is 6.31. The van der Waals surface area contributed by atoms with Crippen LogP contribution in [0.2, 0.25) is 0 Å². The molecule has 0 bridgehead atoms. The molecule has 1 N–H and O–H groups in total.